The first-order chi connectivity index (χ1) is 30.5. The second kappa shape index (κ2) is 17.8. The minimum atomic E-state index is -0.941. The molecular formula is C58H52N3OPt-. The third-order valence-electron chi connectivity index (χ3n) is 11.8. The maximum absolute atomic E-state index is 11.4. The molecule has 0 unspecified atom stereocenters. The van der Waals surface area contributed by atoms with E-state index in [1.54, 1.807) is 6.07 Å². The fourth-order valence-electron chi connectivity index (χ4n) is 8.52. The van der Waals surface area contributed by atoms with Crippen molar-refractivity contribution >= 4 is 11.0 Å². The average molecular weight is 1000 g/mol. The van der Waals surface area contributed by atoms with Crippen LogP contribution in [0.1, 0.15) is 79.7 Å². The van der Waals surface area contributed by atoms with E-state index in [2.05, 4.69) is 135 Å². The number of nitrogens with zero attached hydrogens (tertiary/aromatic N) is 3. The Balaban J connectivity index is 0.00000576. The van der Waals surface area contributed by atoms with Crippen molar-refractivity contribution in [2.45, 2.75) is 65.7 Å². The molecular weight excluding hydrogens is 950 g/mol. The van der Waals surface area contributed by atoms with Crippen LogP contribution < -0.4 is 0 Å². The number of aromatic nitrogens is 3. The largest absolute Gasteiger partial charge is 0.507 e. The number of hydrogen-bond acceptors (Lipinski definition) is 3. The van der Waals surface area contributed by atoms with E-state index < -0.39 is 11.8 Å². The zero-order valence-electron chi connectivity index (χ0n) is 38.8. The summed E-state index contributed by atoms with van der Waals surface area (Å²) in [4.78, 5) is 10.3. The first-order valence-corrected chi connectivity index (χ1v) is 21.3. The molecule has 5 heteroatoms. The van der Waals surface area contributed by atoms with E-state index in [1.807, 2.05) is 88.5 Å². The van der Waals surface area contributed by atoms with Gasteiger partial charge in [0, 0.05) is 41.4 Å². The molecule has 0 radical (unpaired) electrons. The first-order valence-electron chi connectivity index (χ1n) is 22.3. The molecule has 0 amide bonds. The second-order valence-corrected chi connectivity index (χ2v) is 17.6. The number of rotatable bonds is 9. The summed E-state index contributed by atoms with van der Waals surface area (Å²) in [5, 5.41) is 11.4. The van der Waals surface area contributed by atoms with Gasteiger partial charge in [0.15, 0.2) is 0 Å². The summed E-state index contributed by atoms with van der Waals surface area (Å²) < 4.78 is 20.1. The van der Waals surface area contributed by atoms with Gasteiger partial charge in [-0.15, -0.1) is 23.8 Å². The molecule has 63 heavy (non-hydrogen) atoms. The van der Waals surface area contributed by atoms with Crippen LogP contribution in [0.3, 0.4) is 0 Å². The van der Waals surface area contributed by atoms with Gasteiger partial charge in [-0.25, -0.2) is 4.98 Å². The molecule has 4 nitrogen and oxygen atoms in total. The van der Waals surface area contributed by atoms with E-state index in [0.717, 1.165) is 83.6 Å². The molecule has 9 rings (SSSR count). The molecule has 1 N–H and O–H groups in total. The van der Waals surface area contributed by atoms with E-state index in [0.29, 0.717) is 11.4 Å². The van der Waals surface area contributed by atoms with Gasteiger partial charge < -0.3 is 5.11 Å². The third-order valence-corrected chi connectivity index (χ3v) is 11.8. The van der Waals surface area contributed by atoms with Gasteiger partial charge in [0.1, 0.15) is 11.6 Å². The monoisotopic (exact) mass is 1000 g/mol. The molecule has 0 saturated heterocycles. The Labute approximate surface area is 389 Å². The minimum Gasteiger partial charge on any atom is -0.507 e. The van der Waals surface area contributed by atoms with Crippen molar-refractivity contribution in [3.63, 3.8) is 0 Å². The van der Waals surface area contributed by atoms with Gasteiger partial charge in [-0.3, -0.25) is 9.55 Å². The first kappa shape index (κ1) is 40.7. The summed E-state index contributed by atoms with van der Waals surface area (Å²) in [5.41, 5.74) is 15.7. The summed E-state index contributed by atoms with van der Waals surface area (Å²) in [5.74, 6) is -0.909. The molecule has 316 valence electrons. The molecule has 2 heterocycles. The normalized spacial score (nSPS) is 12.4. The zero-order chi connectivity index (χ0) is 45.0. The van der Waals surface area contributed by atoms with Crippen molar-refractivity contribution in [1.29, 1.82) is 0 Å². The summed E-state index contributed by atoms with van der Waals surface area (Å²) in [6.45, 7) is 14.4. The third kappa shape index (κ3) is 8.58. The van der Waals surface area contributed by atoms with Gasteiger partial charge in [-0.05, 0) is 98.1 Å². The molecule has 0 fully saturated rings. The molecule has 7 aromatic carbocycles. The maximum atomic E-state index is 11.4. The number of phenolic OH excluding ortho intramolecular Hbond substituents is 1. The van der Waals surface area contributed by atoms with Crippen LogP contribution in [0.25, 0.3) is 83.9 Å². The SMILES string of the molecule is [2H]C(C)(C)c1ccc(-c2ccnc(-c3[c-]c(-c4cccc5c4nc(-c4ccccc4O)n5-c4ccc(-c5ccccc5C(C)(C)C)c(C([2H])(C)C)c4)cc(-c4ccccc4)c3)c2)cc1.[Pt]. The fraction of sp³-hybridized carbons (Fsp3) is 0.172. The van der Waals surface area contributed by atoms with Crippen molar-refractivity contribution in [1.82, 2.24) is 14.5 Å². The van der Waals surface area contributed by atoms with Crippen LogP contribution >= 0.6 is 0 Å². The fourth-order valence-corrected chi connectivity index (χ4v) is 8.52. The second-order valence-electron chi connectivity index (χ2n) is 17.6. The Bertz CT molecular complexity index is 3170. The van der Waals surface area contributed by atoms with Crippen LogP contribution in [0.15, 0.2) is 170 Å². The molecule has 0 aliphatic rings. The Hall–Kier alpha value is -6.35. The number of fused-ring (bicyclic) bond motifs is 1. The molecule has 0 aliphatic heterocycles. The van der Waals surface area contributed by atoms with Crippen molar-refractivity contribution in [2.24, 2.45) is 0 Å². The van der Waals surface area contributed by atoms with Crippen molar-refractivity contribution in [3.05, 3.63) is 193 Å². The van der Waals surface area contributed by atoms with Crippen molar-refractivity contribution in [3.8, 4) is 78.6 Å². The Morgan fingerprint density at radius 2 is 1.25 bits per heavy atom. The maximum Gasteiger partial charge on any atom is 0.148 e. The summed E-state index contributed by atoms with van der Waals surface area (Å²) >= 11 is 0. The molecule has 0 saturated carbocycles. The smallest absolute Gasteiger partial charge is 0.148 e. The molecule has 0 bridgehead atoms. The van der Waals surface area contributed by atoms with E-state index in [4.69, 9.17) is 11.3 Å². The number of benzene rings is 7. The molecule has 0 atom stereocenters. The quantitative estimate of drug-likeness (QED) is 0.147. The van der Waals surface area contributed by atoms with Crippen molar-refractivity contribution < 1.29 is 28.9 Å². The number of imidazole rings is 1. The van der Waals surface area contributed by atoms with Crippen LogP contribution in [0.2, 0.25) is 0 Å². The Morgan fingerprint density at radius 3 is 1.97 bits per heavy atom. The zero-order valence-corrected chi connectivity index (χ0v) is 39.0. The van der Waals surface area contributed by atoms with Gasteiger partial charge in [0.05, 0.1) is 16.6 Å². The number of para-hydroxylation sites is 2. The van der Waals surface area contributed by atoms with E-state index in [9.17, 15) is 6.48 Å². The summed E-state index contributed by atoms with van der Waals surface area (Å²) in [7, 11) is 0. The van der Waals surface area contributed by atoms with Crippen molar-refractivity contribution in [2.75, 3.05) is 0 Å². The van der Waals surface area contributed by atoms with Crippen LogP contribution in [-0.2, 0) is 26.5 Å². The molecule has 0 aliphatic carbocycles. The molecule has 9 aromatic rings. The summed E-state index contributed by atoms with van der Waals surface area (Å²) in [6.07, 6.45) is 1.84. The van der Waals surface area contributed by atoms with Gasteiger partial charge in [-0.2, -0.15) is 0 Å². The average Bonchev–Trinajstić information content (AvgIpc) is 3.68. The Morgan fingerprint density at radius 1 is 0.587 bits per heavy atom. The minimum absolute atomic E-state index is 0. The summed E-state index contributed by atoms with van der Waals surface area (Å²) in [6, 6.07) is 59.2. The van der Waals surface area contributed by atoms with Crippen LogP contribution in [0.5, 0.6) is 5.75 Å². The number of aromatic hydroxyl groups is 1. The predicted molar refractivity (Wildman–Crippen MR) is 259 cm³/mol. The van der Waals surface area contributed by atoms with Crippen LogP contribution in [-0.4, -0.2) is 19.6 Å². The van der Waals surface area contributed by atoms with Gasteiger partial charge >= 0.3 is 0 Å². The van der Waals surface area contributed by atoms with E-state index in [-0.39, 0.29) is 32.2 Å². The van der Waals surface area contributed by atoms with Crippen LogP contribution in [0.4, 0.5) is 0 Å². The predicted octanol–water partition coefficient (Wildman–Crippen LogP) is 15.5. The van der Waals surface area contributed by atoms with E-state index >= 15 is 0 Å². The number of hydrogen-bond donors (Lipinski definition) is 1. The van der Waals surface area contributed by atoms with E-state index in [1.165, 1.54) is 5.56 Å². The topological polar surface area (TPSA) is 50.9 Å². The number of phenols is 1. The standard InChI is InChI=1S/C58H52N3O.Pt/c1-37(2)39-24-26-41(27-25-39)42-30-31-59-53(35-42)45-33-43(40-16-9-8-10-17-40)32-44(34-45)47-20-15-22-54-56(47)60-57(50-19-12-14-23-55(50)62)61(54)46-28-29-48(51(36-46)38(3)4)49-18-11-13-21-52(49)58(5,6)7;/h8-33,35-38,62H,1-7H3;/q-1;/i37D,38D;. The van der Waals surface area contributed by atoms with Gasteiger partial charge in [0.25, 0.3) is 0 Å². The molecule has 2 aromatic heterocycles. The van der Waals surface area contributed by atoms with Gasteiger partial charge in [-0.1, -0.05) is 180 Å². The number of pyridine rings is 1. The Kier molecular flexibility index (Phi) is 11.5. The molecule has 0 spiro atoms. The van der Waals surface area contributed by atoms with Gasteiger partial charge in [0.2, 0.25) is 0 Å². The van der Waals surface area contributed by atoms with Crippen LogP contribution in [0, 0.1) is 6.07 Å².